The average Bonchev–Trinajstić information content (AvgIpc) is 2.71. The fraction of sp³-hybridized carbons (Fsp3) is 0.160. The van der Waals surface area contributed by atoms with Crippen LogP contribution in [-0.4, -0.2) is 15.0 Å². The van der Waals surface area contributed by atoms with Crippen molar-refractivity contribution < 1.29 is 0 Å². The van der Waals surface area contributed by atoms with Crippen molar-refractivity contribution in [2.75, 3.05) is 5.32 Å². The molecule has 1 heterocycles. The summed E-state index contributed by atoms with van der Waals surface area (Å²) in [5.41, 5.74) is 5.78. The predicted molar refractivity (Wildman–Crippen MR) is 118 cm³/mol. The molecule has 3 aromatic carbocycles. The second-order valence-electron chi connectivity index (χ2n) is 7.26. The monoisotopic (exact) mass is 380 g/mol. The van der Waals surface area contributed by atoms with E-state index < -0.39 is 0 Å². The molecule has 0 amide bonds. The molecule has 0 spiro atoms. The van der Waals surface area contributed by atoms with Gasteiger partial charge in [0, 0.05) is 18.5 Å². The summed E-state index contributed by atoms with van der Waals surface area (Å²) >= 11 is 0. The number of nitrogens with zero attached hydrogens (tertiary/aromatic N) is 3. The highest BCUT2D eigenvalue weighted by Gasteiger charge is 2.10. The molecule has 4 aromatic rings. The summed E-state index contributed by atoms with van der Waals surface area (Å²) in [7, 11) is 0. The summed E-state index contributed by atoms with van der Waals surface area (Å²) in [5, 5.41) is 3.39. The molecule has 0 atom stereocenters. The second-order valence-corrected chi connectivity index (χ2v) is 7.26. The van der Waals surface area contributed by atoms with Crippen LogP contribution in [0.15, 0.2) is 78.9 Å². The minimum atomic E-state index is 0.587. The molecule has 4 rings (SSSR count). The van der Waals surface area contributed by atoms with Gasteiger partial charge in [-0.3, -0.25) is 0 Å². The third-order valence-corrected chi connectivity index (χ3v) is 4.77. The lowest BCUT2D eigenvalue weighted by Crippen LogP contribution is -2.09. The molecule has 0 saturated carbocycles. The summed E-state index contributed by atoms with van der Waals surface area (Å²) in [6.07, 6.45) is 1.35. The van der Waals surface area contributed by atoms with Crippen LogP contribution in [0.3, 0.4) is 0 Å². The van der Waals surface area contributed by atoms with Gasteiger partial charge in [0.1, 0.15) is 11.6 Å². The van der Waals surface area contributed by atoms with Crippen molar-refractivity contribution in [3.05, 3.63) is 113 Å². The first-order valence-corrected chi connectivity index (χ1v) is 9.82. The zero-order valence-electron chi connectivity index (χ0n) is 16.8. The highest BCUT2D eigenvalue weighted by Crippen LogP contribution is 2.20. The van der Waals surface area contributed by atoms with E-state index in [0.717, 1.165) is 17.3 Å². The topological polar surface area (TPSA) is 50.7 Å². The van der Waals surface area contributed by atoms with Crippen LogP contribution in [0.1, 0.15) is 33.9 Å². The zero-order valence-corrected chi connectivity index (χ0v) is 16.8. The van der Waals surface area contributed by atoms with Crippen LogP contribution < -0.4 is 5.32 Å². The number of hydrogen-bond donors (Lipinski definition) is 1. The molecule has 0 aliphatic carbocycles. The Morgan fingerprint density at radius 2 is 1.21 bits per heavy atom. The first kappa shape index (κ1) is 18.8. The van der Waals surface area contributed by atoms with Crippen molar-refractivity contribution in [2.45, 2.75) is 26.7 Å². The van der Waals surface area contributed by atoms with Gasteiger partial charge < -0.3 is 5.32 Å². The van der Waals surface area contributed by atoms with Crippen LogP contribution in [0, 0.1) is 13.8 Å². The smallest absolute Gasteiger partial charge is 0.230 e. The maximum atomic E-state index is 4.74. The fourth-order valence-electron chi connectivity index (χ4n) is 3.31. The second kappa shape index (κ2) is 8.65. The van der Waals surface area contributed by atoms with Gasteiger partial charge in [-0.15, -0.1) is 0 Å². The zero-order chi connectivity index (χ0) is 20.1. The van der Waals surface area contributed by atoms with E-state index in [1.54, 1.807) is 0 Å². The van der Waals surface area contributed by atoms with Crippen LogP contribution in [0.2, 0.25) is 0 Å². The molecule has 0 aliphatic heterocycles. The Kier molecular flexibility index (Phi) is 5.61. The average molecular weight is 380 g/mol. The minimum absolute atomic E-state index is 0.587. The predicted octanol–water partition coefficient (Wildman–Crippen LogP) is 5.41. The van der Waals surface area contributed by atoms with Crippen molar-refractivity contribution in [3.8, 4) is 0 Å². The molecule has 0 aliphatic rings. The molecule has 29 heavy (non-hydrogen) atoms. The maximum Gasteiger partial charge on any atom is 0.230 e. The first-order chi connectivity index (χ1) is 14.2. The number of benzene rings is 3. The number of anilines is 2. The Labute approximate surface area is 171 Å². The van der Waals surface area contributed by atoms with Gasteiger partial charge in [0.05, 0.1) is 0 Å². The molecule has 144 valence electrons. The Morgan fingerprint density at radius 1 is 0.655 bits per heavy atom. The third kappa shape index (κ3) is 5.05. The van der Waals surface area contributed by atoms with E-state index in [1.807, 2.05) is 36.4 Å². The summed E-state index contributed by atoms with van der Waals surface area (Å²) in [5.74, 6) is 2.12. The Bertz CT molecular complexity index is 1030. The normalized spacial score (nSPS) is 10.7. The Balaban J connectivity index is 1.66. The lowest BCUT2D eigenvalue weighted by Gasteiger charge is -2.12. The summed E-state index contributed by atoms with van der Waals surface area (Å²) in [6, 6.07) is 26.9. The summed E-state index contributed by atoms with van der Waals surface area (Å²) in [6.45, 7) is 4.18. The van der Waals surface area contributed by atoms with Gasteiger partial charge in [0.15, 0.2) is 0 Å². The van der Waals surface area contributed by atoms with E-state index in [9.17, 15) is 0 Å². The van der Waals surface area contributed by atoms with E-state index in [0.29, 0.717) is 18.8 Å². The molecule has 4 nitrogen and oxygen atoms in total. The van der Waals surface area contributed by atoms with E-state index in [2.05, 4.69) is 61.6 Å². The highest BCUT2D eigenvalue weighted by atomic mass is 15.2. The molecule has 0 saturated heterocycles. The number of nitrogens with one attached hydrogen (secondary N) is 1. The van der Waals surface area contributed by atoms with Gasteiger partial charge in [-0.1, -0.05) is 78.4 Å². The molecular weight excluding hydrogens is 356 g/mol. The molecule has 1 aromatic heterocycles. The van der Waals surface area contributed by atoms with Crippen LogP contribution in [0.25, 0.3) is 0 Å². The van der Waals surface area contributed by atoms with Crippen LogP contribution >= 0.6 is 0 Å². The van der Waals surface area contributed by atoms with E-state index in [4.69, 9.17) is 15.0 Å². The van der Waals surface area contributed by atoms with Crippen molar-refractivity contribution >= 4 is 11.6 Å². The molecule has 0 bridgehead atoms. The fourth-order valence-corrected chi connectivity index (χ4v) is 3.31. The SMILES string of the molecule is Cc1ccc(Nc2nc(Cc3ccccc3)nc(Cc3ccccc3)n2)c(C)c1. The van der Waals surface area contributed by atoms with Crippen molar-refractivity contribution in [1.29, 1.82) is 0 Å². The van der Waals surface area contributed by atoms with Crippen molar-refractivity contribution in [3.63, 3.8) is 0 Å². The number of aryl methyl sites for hydroxylation is 2. The molecule has 0 fully saturated rings. The lowest BCUT2D eigenvalue weighted by molar-refractivity contribution is 0.856. The Hall–Kier alpha value is -3.53. The lowest BCUT2D eigenvalue weighted by atomic mass is 10.1. The first-order valence-electron chi connectivity index (χ1n) is 9.82. The van der Waals surface area contributed by atoms with Gasteiger partial charge in [0.2, 0.25) is 5.95 Å². The number of aromatic nitrogens is 3. The number of hydrogen-bond acceptors (Lipinski definition) is 4. The molecular formula is C25H24N4. The van der Waals surface area contributed by atoms with Gasteiger partial charge in [-0.25, -0.2) is 4.98 Å². The van der Waals surface area contributed by atoms with Crippen LogP contribution in [-0.2, 0) is 12.8 Å². The number of rotatable bonds is 6. The van der Waals surface area contributed by atoms with Crippen LogP contribution in [0.5, 0.6) is 0 Å². The standard InChI is InChI=1S/C25H24N4/c1-18-13-14-22(19(2)15-18)26-25-28-23(16-20-9-5-3-6-10-20)27-24(29-25)17-21-11-7-4-8-12-21/h3-15H,16-17H2,1-2H3,(H,26,27,28,29). The van der Waals surface area contributed by atoms with E-state index in [1.165, 1.54) is 22.3 Å². The van der Waals surface area contributed by atoms with Gasteiger partial charge in [0.25, 0.3) is 0 Å². The van der Waals surface area contributed by atoms with Crippen LogP contribution in [0.4, 0.5) is 11.6 Å². The summed E-state index contributed by atoms with van der Waals surface area (Å²) in [4.78, 5) is 14.1. The van der Waals surface area contributed by atoms with E-state index >= 15 is 0 Å². The summed E-state index contributed by atoms with van der Waals surface area (Å²) < 4.78 is 0. The molecule has 1 N–H and O–H groups in total. The quantitative estimate of drug-likeness (QED) is 0.486. The van der Waals surface area contributed by atoms with Gasteiger partial charge in [-0.05, 0) is 36.6 Å². The Morgan fingerprint density at radius 3 is 1.72 bits per heavy atom. The molecule has 4 heteroatoms. The van der Waals surface area contributed by atoms with E-state index in [-0.39, 0.29) is 0 Å². The van der Waals surface area contributed by atoms with Gasteiger partial charge >= 0.3 is 0 Å². The highest BCUT2D eigenvalue weighted by molar-refractivity contribution is 5.58. The maximum absolute atomic E-state index is 4.74. The largest absolute Gasteiger partial charge is 0.324 e. The van der Waals surface area contributed by atoms with Crippen molar-refractivity contribution in [1.82, 2.24) is 15.0 Å². The van der Waals surface area contributed by atoms with Crippen molar-refractivity contribution in [2.24, 2.45) is 0 Å². The third-order valence-electron chi connectivity index (χ3n) is 4.77. The minimum Gasteiger partial charge on any atom is -0.324 e. The molecule has 0 unspecified atom stereocenters. The molecule has 0 radical (unpaired) electrons. The van der Waals surface area contributed by atoms with Gasteiger partial charge in [-0.2, -0.15) is 9.97 Å².